The first kappa shape index (κ1) is 18.8. The van der Waals surface area contributed by atoms with Crippen LogP contribution in [0.4, 0.5) is 0 Å². The van der Waals surface area contributed by atoms with Crippen LogP contribution < -0.4 is 5.32 Å². The molecule has 3 rings (SSSR count). The normalized spacial score (nSPS) is 14.5. The summed E-state index contributed by atoms with van der Waals surface area (Å²) in [5.74, 6) is 0.127. The molecule has 3 nitrogen and oxygen atoms in total. The summed E-state index contributed by atoms with van der Waals surface area (Å²) in [4.78, 5) is 14.7. The van der Waals surface area contributed by atoms with Crippen molar-refractivity contribution in [3.63, 3.8) is 0 Å². The fourth-order valence-electron chi connectivity index (χ4n) is 3.38. The number of halogens is 1. The molecule has 0 aliphatic carbocycles. The first-order valence-corrected chi connectivity index (χ1v) is 8.78. The Morgan fingerprint density at radius 2 is 1.75 bits per heavy atom. The number of likely N-dealkylation sites (tertiary alicyclic amines) is 1. The molecule has 0 aromatic heterocycles. The molecule has 1 aliphatic heterocycles. The van der Waals surface area contributed by atoms with Crippen LogP contribution in [0.1, 0.15) is 31.2 Å². The smallest absolute Gasteiger partial charge is 0.224 e. The van der Waals surface area contributed by atoms with Gasteiger partial charge in [0.1, 0.15) is 0 Å². The minimum Gasteiger partial charge on any atom is -0.356 e. The monoisotopic (exact) mass is 346 g/mol. The molecular weight excluding hydrogens is 320 g/mol. The van der Waals surface area contributed by atoms with E-state index in [4.69, 9.17) is 0 Å². The van der Waals surface area contributed by atoms with Crippen molar-refractivity contribution >= 4 is 29.1 Å². The zero-order chi connectivity index (χ0) is 15.9. The van der Waals surface area contributed by atoms with Gasteiger partial charge in [0.25, 0.3) is 0 Å². The lowest BCUT2D eigenvalue weighted by Gasteiger charge is -2.14. The minimum atomic E-state index is 0. The van der Waals surface area contributed by atoms with Crippen molar-refractivity contribution in [3.8, 4) is 0 Å². The van der Waals surface area contributed by atoms with E-state index in [1.54, 1.807) is 0 Å². The van der Waals surface area contributed by atoms with Crippen LogP contribution in [0.2, 0.25) is 0 Å². The summed E-state index contributed by atoms with van der Waals surface area (Å²) in [6.07, 6.45) is 5.41. The summed E-state index contributed by atoms with van der Waals surface area (Å²) in [5, 5.41) is 5.44. The highest BCUT2D eigenvalue weighted by molar-refractivity contribution is 5.90. The highest BCUT2D eigenvalue weighted by Gasteiger charge is 2.10. The van der Waals surface area contributed by atoms with Gasteiger partial charge in [-0.05, 0) is 61.7 Å². The minimum absolute atomic E-state index is 0. The number of carbonyl (C=O) groups excluding carboxylic acids is 1. The van der Waals surface area contributed by atoms with Crippen molar-refractivity contribution in [2.45, 2.75) is 32.1 Å². The van der Waals surface area contributed by atoms with E-state index in [-0.39, 0.29) is 18.3 Å². The molecule has 0 spiro atoms. The second-order valence-corrected chi connectivity index (χ2v) is 6.42. The summed E-state index contributed by atoms with van der Waals surface area (Å²) in [6, 6.07) is 14.4. The van der Waals surface area contributed by atoms with E-state index < -0.39 is 0 Å². The molecule has 0 bridgehead atoms. The molecule has 0 unspecified atom stereocenters. The highest BCUT2D eigenvalue weighted by atomic mass is 35.5. The predicted octanol–water partition coefficient (Wildman–Crippen LogP) is 3.80. The summed E-state index contributed by atoms with van der Waals surface area (Å²) in [5.41, 5.74) is 1.11. The summed E-state index contributed by atoms with van der Waals surface area (Å²) < 4.78 is 0. The predicted molar refractivity (Wildman–Crippen MR) is 103 cm³/mol. The number of nitrogens with one attached hydrogen (secondary N) is 1. The zero-order valence-corrected chi connectivity index (χ0v) is 15.0. The van der Waals surface area contributed by atoms with Gasteiger partial charge in [-0.2, -0.15) is 0 Å². The van der Waals surface area contributed by atoms with Crippen LogP contribution >= 0.6 is 12.4 Å². The Kier molecular flexibility index (Phi) is 7.54. The fourth-order valence-corrected chi connectivity index (χ4v) is 3.38. The molecule has 1 aliphatic rings. The van der Waals surface area contributed by atoms with Gasteiger partial charge in [0.15, 0.2) is 0 Å². The molecule has 0 atom stereocenters. The Morgan fingerprint density at radius 1 is 1.00 bits per heavy atom. The number of carbonyl (C=O) groups is 1. The van der Waals surface area contributed by atoms with E-state index >= 15 is 0 Å². The average molecular weight is 347 g/mol. The highest BCUT2D eigenvalue weighted by Crippen LogP contribution is 2.18. The Hall–Kier alpha value is -1.58. The van der Waals surface area contributed by atoms with E-state index in [9.17, 15) is 4.79 Å². The van der Waals surface area contributed by atoms with Crippen molar-refractivity contribution in [1.82, 2.24) is 10.2 Å². The third kappa shape index (κ3) is 5.22. The summed E-state index contributed by atoms with van der Waals surface area (Å²) in [7, 11) is 0. The Morgan fingerprint density at radius 3 is 2.58 bits per heavy atom. The van der Waals surface area contributed by atoms with E-state index in [0.717, 1.165) is 18.5 Å². The second-order valence-electron chi connectivity index (χ2n) is 6.42. The van der Waals surface area contributed by atoms with E-state index in [0.29, 0.717) is 6.42 Å². The Bertz CT molecular complexity index is 648. The van der Waals surface area contributed by atoms with E-state index in [2.05, 4.69) is 34.5 Å². The van der Waals surface area contributed by atoms with Crippen LogP contribution in [-0.4, -0.2) is 37.0 Å². The van der Waals surface area contributed by atoms with Crippen LogP contribution in [0.15, 0.2) is 42.5 Å². The quantitative estimate of drug-likeness (QED) is 0.773. The van der Waals surface area contributed by atoms with Crippen LogP contribution in [0.25, 0.3) is 10.8 Å². The lowest BCUT2D eigenvalue weighted by molar-refractivity contribution is -0.120. The fraction of sp³-hybridized carbons (Fsp3) is 0.450. The number of hydrogen-bond donors (Lipinski definition) is 1. The number of rotatable bonds is 7. The van der Waals surface area contributed by atoms with Gasteiger partial charge < -0.3 is 10.2 Å². The number of benzene rings is 2. The standard InChI is InChI=1S/C20H26N2O.ClH/c23-20(21-12-3-4-13-22-14-5-6-15-22)16-18-10-7-9-17-8-1-2-11-19(17)18;/h1-2,7-11H,3-6,12-16H2,(H,21,23);1H. The molecule has 1 amide bonds. The first-order valence-electron chi connectivity index (χ1n) is 8.78. The number of hydrogen-bond acceptors (Lipinski definition) is 2. The molecule has 1 heterocycles. The lowest BCUT2D eigenvalue weighted by Crippen LogP contribution is -2.27. The van der Waals surface area contributed by atoms with E-state index in [1.807, 2.05) is 18.2 Å². The Balaban J connectivity index is 0.00000208. The van der Waals surface area contributed by atoms with E-state index in [1.165, 1.54) is 49.7 Å². The molecule has 0 radical (unpaired) electrons. The van der Waals surface area contributed by atoms with Crippen molar-refractivity contribution in [3.05, 3.63) is 48.0 Å². The summed E-state index contributed by atoms with van der Waals surface area (Å²) in [6.45, 7) is 4.48. The van der Waals surface area contributed by atoms with Gasteiger partial charge in [-0.15, -0.1) is 12.4 Å². The first-order chi connectivity index (χ1) is 11.3. The largest absolute Gasteiger partial charge is 0.356 e. The zero-order valence-electron chi connectivity index (χ0n) is 14.2. The van der Waals surface area contributed by atoms with Crippen LogP contribution in [0.5, 0.6) is 0 Å². The molecule has 1 fully saturated rings. The lowest BCUT2D eigenvalue weighted by atomic mass is 10.0. The molecule has 4 heteroatoms. The van der Waals surface area contributed by atoms with Gasteiger partial charge in [0.05, 0.1) is 6.42 Å². The number of nitrogens with zero attached hydrogens (tertiary/aromatic N) is 1. The molecule has 2 aromatic rings. The Labute approximate surface area is 150 Å². The number of unbranched alkanes of at least 4 members (excludes halogenated alkanes) is 1. The molecule has 2 aromatic carbocycles. The number of fused-ring (bicyclic) bond motifs is 1. The van der Waals surface area contributed by atoms with Crippen LogP contribution in [0.3, 0.4) is 0 Å². The van der Waals surface area contributed by atoms with Crippen molar-refractivity contribution in [1.29, 1.82) is 0 Å². The topological polar surface area (TPSA) is 32.3 Å². The maximum atomic E-state index is 12.2. The second kappa shape index (κ2) is 9.65. The molecule has 130 valence electrons. The van der Waals surface area contributed by atoms with Crippen LogP contribution in [-0.2, 0) is 11.2 Å². The average Bonchev–Trinajstić information content (AvgIpc) is 3.08. The maximum Gasteiger partial charge on any atom is 0.224 e. The maximum absolute atomic E-state index is 12.2. The molecule has 24 heavy (non-hydrogen) atoms. The third-order valence-electron chi connectivity index (χ3n) is 4.65. The van der Waals surface area contributed by atoms with Gasteiger partial charge >= 0.3 is 0 Å². The van der Waals surface area contributed by atoms with Crippen molar-refractivity contribution in [2.24, 2.45) is 0 Å². The van der Waals surface area contributed by atoms with Crippen LogP contribution in [0, 0.1) is 0 Å². The van der Waals surface area contributed by atoms with Crippen molar-refractivity contribution < 1.29 is 4.79 Å². The molecule has 0 saturated carbocycles. The van der Waals surface area contributed by atoms with Gasteiger partial charge in [0.2, 0.25) is 5.91 Å². The molecule has 1 N–H and O–H groups in total. The number of amides is 1. The summed E-state index contributed by atoms with van der Waals surface area (Å²) >= 11 is 0. The SMILES string of the molecule is Cl.O=C(Cc1cccc2ccccc12)NCCCCN1CCCC1. The molecular formula is C20H27ClN2O. The van der Waals surface area contributed by atoms with Gasteiger partial charge in [-0.25, -0.2) is 0 Å². The van der Waals surface area contributed by atoms with Crippen molar-refractivity contribution in [2.75, 3.05) is 26.2 Å². The van der Waals surface area contributed by atoms with Gasteiger partial charge in [-0.1, -0.05) is 42.5 Å². The third-order valence-corrected chi connectivity index (χ3v) is 4.65. The van der Waals surface area contributed by atoms with Gasteiger partial charge in [-0.3, -0.25) is 4.79 Å². The molecule has 1 saturated heterocycles. The van der Waals surface area contributed by atoms with Gasteiger partial charge in [0, 0.05) is 6.54 Å².